The molecule has 1 amide bonds. The lowest BCUT2D eigenvalue weighted by Gasteiger charge is -2.15. The molecule has 1 aromatic carbocycles. The Balaban J connectivity index is 1.87. The van der Waals surface area contributed by atoms with Gasteiger partial charge >= 0.3 is 0 Å². The summed E-state index contributed by atoms with van der Waals surface area (Å²) in [5, 5.41) is 10.6. The molecule has 0 aliphatic carbocycles. The number of aromatic nitrogens is 2. The van der Waals surface area contributed by atoms with Gasteiger partial charge in [-0.3, -0.25) is 4.79 Å². The normalized spacial score (nSPS) is 12.1. The molecule has 19 heavy (non-hydrogen) atoms. The number of benzene rings is 1. The van der Waals surface area contributed by atoms with Crippen LogP contribution in [0.4, 0.5) is 0 Å². The van der Waals surface area contributed by atoms with Crippen molar-refractivity contribution in [3.8, 4) is 0 Å². The monoisotopic (exact) mass is 357 g/mol. The van der Waals surface area contributed by atoms with Gasteiger partial charge in [-0.15, -0.1) is 10.2 Å². The maximum absolute atomic E-state index is 11.8. The van der Waals surface area contributed by atoms with E-state index in [1.165, 1.54) is 23.1 Å². The van der Waals surface area contributed by atoms with E-state index in [1.54, 1.807) is 5.51 Å². The van der Waals surface area contributed by atoms with Crippen LogP contribution in [-0.4, -0.2) is 21.9 Å². The minimum atomic E-state index is -0.0295. The van der Waals surface area contributed by atoms with Gasteiger partial charge in [0, 0.05) is 4.47 Å². The molecule has 2 aromatic rings. The number of hydrogen-bond donors (Lipinski definition) is 1. The van der Waals surface area contributed by atoms with Gasteiger partial charge in [-0.1, -0.05) is 57.2 Å². The predicted molar refractivity (Wildman–Crippen MR) is 81.3 cm³/mol. The fourth-order valence-electron chi connectivity index (χ4n) is 1.54. The second-order valence-corrected chi connectivity index (χ2v) is 6.71. The van der Waals surface area contributed by atoms with E-state index in [4.69, 9.17) is 0 Å². The SMILES string of the molecule is CC(NC(=O)CSc1nncs1)c1ccccc1Br. The molecule has 0 bridgehead atoms. The number of nitrogens with zero attached hydrogens (tertiary/aromatic N) is 2. The van der Waals surface area contributed by atoms with Crippen LogP contribution >= 0.6 is 39.0 Å². The Bertz CT molecular complexity index is 548. The predicted octanol–water partition coefficient (Wildman–Crippen LogP) is 3.27. The van der Waals surface area contributed by atoms with Crippen molar-refractivity contribution in [1.82, 2.24) is 15.5 Å². The summed E-state index contributed by atoms with van der Waals surface area (Å²) in [6.07, 6.45) is 0. The lowest BCUT2D eigenvalue weighted by atomic mass is 10.1. The average molecular weight is 358 g/mol. The van der Waals surface area contributed by atoms with Gasteiger partial charge in [-0.05, 0) is 18.6 Å². The minimum absolute atomic E-state index is 0.0107. The first-order chi connectivity index (χ1) is 9.16. The first-order valence-electron chi connectivity index (χ1n) is 5.59. The Morgan fingerprint density at radius 2 is 2.32 bits per heavy atom. The number of halogens is 1. The van der Waals surface area contributed by atoms with Gasteiger partial charge < -0.3 is 5.32 Å². The fourth-order valence-corrected chi connectivity index (χ4v) is 3.47. The molecular formula is C12H12BrN3OS2. The summed E-state index contributed by atoms with van der Waals surface area (Å²) in [5.74, 6) is 0.340. The van der Waals surface area contributed by atoms with Crippen molar-refractivity contribution in [3.63, 3.8) is 0 Å². The summed E-state index contributed by atoms with van der Waals surface area (Å²) >= 11 is 6.32. The molecule has 0 saturated carbocycles. The van der Waals surface area contributed by atoms with E-state index in [1.807, 2.05) is 31.2 Å². The summed E-state index contributed by atoms with van der Waals surface area (Å²) in [6.45, 7) is 1.97. The van der Waals surface area contributed by atoms with Crippen LogP contribution in [-0.2, 0) is 4.79 Å². The molecule has 2 rings (SSSR count). The number of hydrogen-bond acceptors (Lipinski definition) is 5. The Morgan fingerprint density at radius 1 is 1.53 bits per heavy atom. The molecule has 0 radical (unpaired) electrons. The summed E-state index contributed by atoms with van der Waals surface area (Å²) in [4.78, 5) is 11.8. The highest BCUT2D eigenvalue weighted by atomic mass is 79.9. The molecule has 0 spiro atoms. The topological polar surface area (TPSA) is 54.9 Å². The van der Waals surface area contributed by atoms with Crippen molar-refractivity contribution in [2.45, 2.75) is 17.3 Å². The molecule has 1 aromatic heterocycles. The summed E-state index contributed by atoms with van der Waals surface area (Å²) in [7, 11) is 0. The van der Waals surface area contributed by atoms with Gasteiger partial charge in [-0.25, -0.2) is 0 Å². The van der Waals surface area contributed by atoms with Gasteiger partial charge in [0.05, 0.1) is 11.8 Å². The first-order valence-corrected chi connectivity index (χ1v) is 8.25. The fraction of sp³-hybridized carbons (Fsp3) is 0.250. The quantitative estimate of drug-likeness (QED) is 0.834. The number of nitrogens with one attached hydrogen (secondary N) is 1. The molecule has 1 atom stereocenters. The third-order valence-electron chi connectivity index (χ3n) is 2.42. The molecule has 1 N–H and O–H groups in total. The lowest BCUT2D eigenvalue weighted by molar-refractivity contribution is -0.119. The molecule has 4 nitrogen and oxygen atoms in total. The van der Waals surface area contributed by atoms with Crippen LogP contribution in [0.25, 0.3) is 0 Å². The van der Waals surface area contributed by atoms with Gasteiger partial charge in [0.25, 0.3) is 0 Å². The van der Waals surface area contributed by atoms with Crippen LogP contribution < -0.4 is 5.32 Å². The first kappa shape index (κ1) is 14.5. The van der Waals surface area contributed by atoms with E-state index >= 15 is 0 Å². The molecule has 7 heteroatoms. The van der Waals surface area contributed by atoms with E-state index in [2.05, 4.69) is 31.4 Å². The number of rotatable bonds is 5. The molecular weight excluding hydrogens is 346 g/mol. The van der Waals surface area contributed by atoms with Crippen LogP contribution in [0.1, 0.15) is 18.5 Å². The van der Waals surface area contributed by atoms with Gasteiger partial charge in [-0.2, -0.15) is 0 Å². The molecule has 100 valence electrons. The third kappa shape index (κ3) is 4.29. The number of thioether (sulfide) groups is 1. The summed E-state index contributed by atoms with van der Waals surface area (Å²) < 4.78 is 1.81. The maximum atomic E-state index is 11.8. The average Bonchev–Trinajstić information content (AvgIpc) is 2.90. The molecule has 1 unspecified atom stereocenters. The molecule has 0 aliphatic rings. The van der Waals surface area contributed by atoms with Crippen LogP contribution in [0, 0.1) is 0 Å². The highest BCUT2D eigenvalue weighted by molar-refractivity contribution is 9.10. The Hall–Kier alpha value is -0.920. The Kier molecular flexibility index (Phi) is 5.35. The smallest absolute Gasteiger partial charge is 0.230 e. The van der Waals surface area contributed by atoms with E-state index in [9.17, 15) is 4.79 Å². The molecule has 0 saturated heterocycles. The number of amides is 1. The number of carbonyl (C=O) groups is 1. The second-order valence-electron chi connectivity index (χ2n) is 3.80. The second kappa shape index (κ2) is 7.02. The Labute approximate surface area is 128 Å². The highest BCUT2D eigenvalue weighted by Crippen LogP contribution is 2.23. The summed E-state index contributed by atoms with van der Waals surface area (Å²) in [5.41, 5.74) is 2.72. The Morgan fingerprint density at radius 3 is 3.00 bits per heavy atom. The van der Waals surface area contributed by atoms with Gasteiger partial charge in [0.15, 0.2) is 4.34 Å². The van der Waals surface area contributed by atoms with E-state index in [-0.39, 0.29) is 11.9 Å². The zero-order valence-electron chi connectivity index (χ0n) is 10.2. The van der Waals surface area contributed by atoms with Gasteiger partial charge in [0.1, 0.15) is 5.51 Å². The van der Waals surface area contributed by atoms with Crippen molar-refractivity contribution < 1.29 is 4.79 Å². The van der Waals surface area contributed by atoms with Crippen molar-refractivity contribution in [2.75, 3.05) is 5.75 Å². The van der Waals surface area contributed by atoms with Crippen molar-refractivity contribution >= 4 is 44.9 Å². The van der Waals surface area contributed by atoms with E-state index in [0.717, 1.165) is 14.4 Å². The van der Waals surface area contributed by atoms with E-state index in [0.29, 0.717) is 5.75 Å². The van der Waals surface area contributed by atoms with Crippen LogP contribution in [0.15, 0.2) is 38.6 Å². The number of carbonyl (C=O) groups excluding carboxylic acids is 1. The van der Waals surface area contributed by atoms with Crippen molar-refractivity contribution in [3.05, 3.63) is 39.8 Å². The zero-order valence-corrected chi connectivity index (χ0v) is 13.4. The highest BCUT2D eigenvalue weighted by Gasteiger charge is 2.12. The molecule has 0 aliphatic heterocycles. The van der Waals surface area contributed by atoms with Crippen molar-refractivity contribution in [2.24, 2.45) is 0 Å². The van der Waals surface area contributed by atoms with E-state index < -0.39 is 0 Å². The van der Waals surface area contributed by atoms with Crippen molar-refractivity contribution in [1.29, 1.82) is 0 Å². The third-order valence-corrected chi connectivity index (χ3v) is 5.00. The lowest BCUT2D eigenvalue weighted by Crippen LogP contribution is -2.28. The summed E-state index contributed by atoms with van der Waals surface area (Å²) in [6, 6.07) is 7.84. The van der Waals surface area contributed by atoms with Gasteiger partial charge in [0.2, 0.25) is 5.91 Å². The minimum Gasteiger partial charge on any atom is -0.349 e. The van der Waals surface area contributed by atoms with Crippen LogP contribution in [0.2, 0.25) is 0 Å². The standard InChI is InChI=1S/C12H12BrN3OS2/c1-8(9-4-2-3-5-10(9)13)15-11(17)6-18-12-16-14-7-19-12/h2-5,7-8H,6H2,1H3,(H,15,17). The maximum Gasteiger partial charge on any atom is 0.230 e. The zero-order chi connectivity index (χ0) is 13.7. The van der Waals surface area contributed by atoms with Crippen LogP contribution in [0.3, 0.4) is 0 Å². The largest absolute Gasteiger partial charge is 0.349 e. The molecule has 1 heterocycles. The van der Waals surface area contributed by atoms with Crippen LogP contribution in [0.5, 0.6) is 0 Å². The molecule has 0 fully saturated rings.